The Morgan fingerprint density at radius 2 is 1.79 bits per heavy atom. The Morgan fingerprint density at radius 3 is 2.45 bits per heavy atom. The summed E-state index contributed by atoms with van der Waals surface area (Å²) in [7, 11) is 0. The molecule has 0 aromatic heterocycles. The molecule has 4 rings (SSSR count). The molecule has 0 bridgehead atoms. The van der Waals surface area contributed by atoms with E-state index >= 15 is 0 Å². The molecular formula is C26H24Cl2N2O2S. The van der Waals surface area contributed by atoms with Crippen LogP contribution in [-0.2, 0) is 17.8 Å². The molecule has 1 aliphatic rings. The van der Waals surface area contributed by atoms with Gasteiger partial charge in [0.05, 0.1) is 15.0 Å². The maximum Gasteiger partial charge on any atom is 0.260 e. The average molecular weight is 499 g/mol. The monoisotopic (exact) mass is 498 g/mol. The summed E-state index contributed by atoms with van der Waals surface area (Å²) in [4.78, 5) is 13.1. The predicted octanol–water partition coefficient (Wildman–Crippen LogP) is 7.04. The van der Waals surface area contributed by atoms with Gasteiger partial charge in [0.15, 0.2) is 11.2 Å². The van der Waals surface area contributed by atoms with Gasteiger partial charge in [-0.1, -0.05) is 83.8 Å². The summed E-state index contributed by atoms with van der Waals surface area (Å²) >= 11 is 14.3. The van der Waals surface area contributed by atoms with Crippen molar-refractivity contribution in [3.63, 3.8) is 0 Å². The Bertz CT molecular complexity index is 1170. The first-order valence-corrected chi connectivity index (χ1v) is 12.3. The quantitative estimate of drug-likeness (QED) is 0.342. The largest absolute Gasteiger partial charge is 0.486 e. The highest BCUT2D eigenvalue weighted by Crippen LogP contribution is 2.37. The number of nitrogens with one attached hydrogen (secondary N) is 2. The highest BCUT2D eigenvalue weighted by Gasteiger charge is 2.27. The van der Waals surface area contributed by atoms with E-state index in [2.05, 4.69) is 35.8 Å². The summed E-state index contributed by atoms with van der Waals surface area (Å²) in [5.74, 6) is 0.287. The maximum atomic E-state index is 12.5. The molecule has 0 saturated carbocycles. The Hall–Kier alpha value is -2.60. The van der Waals surface area contributed by atoms with Gasteiger partial charge in [0.1, 0.15) is 6.61 Å². The number of ether oxygens (including phenoxy) is 1. The molecule has 1 fully saturated rings. The number of amides is 1. The third kappa shape index (κ3) is 6.05. The summed E-state index contributed by atoms with van der Waals surface area (Å²) in [6.07, 6.45) is 2.77. The summed E-state index contributed by atoms with van der Waals surface area (Å²) in [5, 5.41) is 7.06. The zero-order valence-electron chi connectivity index (χ0n) is 18.3. The number of rotatable bonds is 7. The van der Waals surface area contributed by atoms with Gasteiger partial charge < -0.3 is 15.4 Å². The molecule has 0 spiro atoms. The second-order valence-electron chi connectivity index (χ2n) is 7.77. The highest BCUT2D eigenvalue weighted by molar-refractivity contribution is 8.05. The van der Waals surface area contributed by atoms with E-state index in [0.717, 1.165) is 28.8 Å². The van der Waals surface area contributed by atoms with Crippen molar-refractivity contribution in [2.45, 2.75) is 32.4 Å². The number of carbonyl (C=O) groups is 1. The van der Waals surface area contributed by atoms with Crippen LogP contribution in [0.3, 0.4) is 0 Å². The Balaban J connectivity index is 1.44. The van der Waals surface area contributed by atoms with Gasteiger partial charge >= 0.3 is 0 Å². The van der Waals surface area contributed by atoms with Gasteiger partial charge in [-0.05, 0) is 60.4 Å². The number of aryl methyl sites for hydroxylation is 2. The van der Waals surface area contributed by atoms with E-state index in [4.69, 9.17) is 27.9 Å². The molecule has 0 radical (unpaired) electrons. The smallest absolute Gasteiger partial charge is 0.260 e. The molecule has 1 heterocycles. The minimum absolute atomic E-state index is 0.144. The topological polar surface area (TPSA) is 50.4 Å². The van der Waals surface area contributed by atoms with Crippen molar-refractivity contribution in [3.8, 4) is 5.75 Å². The van der Waals surface area contributed by atoms with Crippen LogP contribution >= 0.6 is 35.0 Å². The molecule has 0 aliphatic carbocycles. The molecule has 3 aromatic rings. The standard InChI is InChI=1S/C26H24Cl2N2O2S/c1-3-17-7-9-20(10-8-17)29-26-30-25(31)23(33-26)14-19-12-21(27)24(22(28)13-19)32-15-18-6-4-5-16(2)11-18/h4-14,26,29H,3,15H2,1-2H3,(H,30,31)/b23-14-/t26-/m0/s1. The SMILES string of the molecule is CCc1ccc(N[C@H]2NC(=O)/C(=C/c3cc(Cl)c(OCc4cccc(C)c4)c(Cl)c3)S2)cc1. The summed E-state index contributed by atoms with van der Waals surface area (Å²) < 4.78 is 5.88. The number of hydrogen-bond acceptors (Lipinski definition) is 4. The molecule has 1 amide bonds. The van der Waals surface area contributed by atoms with E-state index in [1.165, 1.54) is 17.3 Å². The molecule has 2 N–H and O–H groups in total. The van der Waals surface area contributed by atoms with E-state index < -0.39 is 0 Å². The second kappa shape index (κ2) is 10.6. The first-order valence-electron chi connectivity index (χ1n) is 10.6. The first-order chi connectivity index (χ1) is 15.9. The number of thioether (sulfide) groups is 1. The van der Waals surface area contributed by atoms with Gasteiger partial charge in [-0.3, -0.25) is 4.79 Å². The lowest BCUT2D eigenvalue weighted by Crippen LogP contribution is -2.30. The van der Waals surface area contributed by atoms with Gasteiger partial charge in [0.2, 0.25) is 0 Å². The van der Waals surface area contributed by atoms with E-state index in [1.807, 2.05) is 37.3 Å². The van der Waals surface area contributed by atoms with Crippen molar-refractivity contribution < 1.29 is 9.53 Å². The van der Waals surface area contributed by atoms with Gasteiger partial charge in [-0.25, -0.2) is 0 Å². The van der Waals surface area contributed by atoms with Crippen molar-refractivity contribution in [3.05, 3.63) is 97.9 Å². The zero-order valence-corrected chi connectivity index (χ0v) is 20.7. The van der Waals surface area contributed by atoms with Crippen LogP contribution in [0.5, 0.6) is 5.75 Å². The van der Waals surface area contributed by atoms with E-state index in [1.54, 1.807) is 18.2 Å². The minimum Gasteiger partial charge on any atom is -0.486 e. The van der Waals surface area contributed by atoms with Crippen LogP contribution in [0.2, 0.25) is 10.0 Å². The molecular weight excluding hydrogens is 475 g/mol. The van der Waals surface area contributed by atoms with E-state index in [9.17, 15) is 4.79 Å². The molecule has 170 valence electrons. The fourth-order valence-corrected chi connectivity index (χ4v) is 5.06. The summed E-state index contributed by atoms with van der Waals surface area (Å²) in [5.41, 5.74) is 4.90. The van der Waals surface area contributed by atoms with Crippen LogP contribution in [0.4, 0.5) is 5.69 Å². The van der Waals surface area contributed by atoms with E-state index in [0.29, 0.717) is 27.3 Å². The van der Waals surface area contributed by atoms with Crippen molar-refractivity contribution >= 4 is 52.6 Å². The maximum absolute atomic E-state index is 12.5. The summed E-state index contributed by atoms with van der Waals surface area (Å²) in [6, 6.07) is 19.8. The van der Waals surface area contributed by atoms with Crippen molar-refractivity contribution in [2.75, 3.05) is 5.32 Å². The van der Waals surface area contributed by atoms with E-state index in [-0.39, 0.29) is 11.4 Å². The molecule has 33 heavy (non-hydrogen) atoms. The predicted molar refractivity (Wildman–Crippen MR) is 139 cm³/mol. The first kappa shape index (κ1) is 23.6. The van der Waals surface area contributed by atoms with Crippen LogP contribution in [-0.4, -0.2) is 11.4 Å². The van der Waals surface area contributed by atoms with Gasteiger partial charge in [0.25, 0.3) is 5.91 Å². The third-order valence-electron chi connectivity index (χ3n) is 5.17. The van der Waals surface area contributed by atoms with Crippen LogP contribution < -0.4 is 15.4 Å². The van der Waals surface area contributed by atoms with Crippen LogP contribution in [0, 0.1) is 6.92 Å². The van der Waals surface area contributed by atoms with Crippen LogP contribution in [0.1, 0.15) is 29.2 Å². The zero-order chi connectivity index (χ0) is 23.4. The molecule has 1 aliphatic heterocycles. The Labute approximate surface area is 208 Å². The van der Waals surface area contributed by atoms with Crippen LogP contribution in [0.15, 0.2) is 65.6 Å². The number of benzene rings is 3. The molecule has 1 atom stereocenters. The normalized spacial score (nSPS) is 16.7. The average Bonchev–Trinajstić information content (AvgIpc) is 3.12. The summed E-state index contributed by atoms with van der Waals surface area (Å²) in [6.45, 7) is 4.52. The van der Waals surface area contributed by atoms with Gasteiger partial charge in [-0.2, -0.15) is 0 Å². The van der Waals surface area contributed by atoms with Gasteiger partial charge in [-0.15, -0.1) is 0 Å². The second-order valence-corrected chi connectivity index (χ2v) is 9.73. The lowest BCUT2D eigenvalue weighted by Gasteiger charge is -2.13. The fourth-order valence-electron chi connectivity index (χ4n) is 3.46. The molecule has 7 heteroatoms. The lowest BCUT2D eigenvalue weighted by atomic mass is 10.1. The van der Waals surface area contributed by atoms with Gasteiger partial charge in [0, 0.05) is 5.69 Å². The Kier molecular flexibility index (Phi) is 7.53. The van der Waals surface area contributed by atoms with Crippen molar-refractivity contribution in [1.82, 2.24) is 5.32 Å². The molecule has 4 nitrogen and oxygen atoms in total. The highest BCUT2D eigenvalue weighted by atomic mass is 35.5. The lowest BCUT2D eigenvalue weighted by molar-refractivity contribution is -0.116. The van der Waals surface area contributed by atoms with Crippen molar-refractivity contribution in [1.29, 1.82) is 0 Å². The Morgan fingerprint density at radius 1 is 1.06 bits per heavy atom. The number of halogens is 2. The molecule has 1 saturated heterocycles. The minimum atomic E-state index is -0.251. The fraction of sp³-hybridized carbons (Fsp3) is 0.192. The molecule has 0 unspecified atom stereocenters. The molecule has 3 aromatic carbocycles. The van der Waals surface area contributed by atoms with Crippen molar-refractivity contribution in [2.24, 2.45) is 0 Å². The number of hydrogen-bond donors (Lipinski definition) is 2. The number of carbonyl (C=O) groups excluding carboxylic acids is 1. The van der Waals surface area contributed by atoms with Crippen LogP contribution in [0.25, 0.3) is 6.08 Å². The third-order valence-corrected chi connectivity index (χ3v) is 6.76. The number of anilines is 1.